The Morgan fingerprint density at radius 3 is 1.58 bits per heavy atom. The minimum atomic E-state index is -0.0963. The van der Waals surface area contributed by atoms with Crippen molar-refractivity contribution in [3.05, 3.63) is 217 Å². The molecule has 10 aromatic rings. The summed E-state index contributed by atoms with van der Waals surface area (Å²) in [5.74, 6) is 0.701. The van der Waals surface area contributed by atoms with Gasteiger partial charge in [0.2, 0.25) is 0 Å². The van der Waals surface area contributed by atoms with E-state index in [9.17, 15) is 0 Å². The number of rotatable bonds is 6. The van der Waals surface area contributed by atoms with Crippen molar-refractivity contribution in [2.75, 3.05) is 0 Å². The molecule has 0 bridgehead atoms. The maximum absolute atomic E-state index is 5.30. The molecule has 1 aromatic heterocycles. The van der Waals surface area contributed by atoms with Crippen molar-refractivity contribution in [3.8, 4) is 78.4 Å². The third-order valence-electron chi connectivity index (χ3n) is 12.3. The highest BCUT2D eigenvalue weighted by molar-refractivity contribution is 6.06. The van der Waals surface area contributed by atoms with E-state index < -0.39 is 0 Å². The lowest BCUT2D eigenvalue weighted by atomic mass is 9.80. The Hall–Kier alpha value is -7.42. The molecular formula is C57H40N2. The van der Waals surface area contributed by atoms with Crippen LogP contribution >= 0.6 is 0 Å². The number of aromatic nitrogens is 2. The highest BCUT2D eigenvalue weighted by Crippen LogP contribution is 2.52. The van der Waals surface area contributed by atoms with Crippen LogP contribution in [0.1, 0.15) is 25.0 Å². The second-order valence-corrected chi connectivity index (χ2v) is 16.1. The summed E-state index contributed by atoms with van der Waals surface area (Å²) in [4.78, 5) is 10.6. The first-order valence-corrected chi connectivity index (χ1v) is 20.4. The Morgan fingerprint density at radius 2 is 0.847 bits per heavy atom. The number of hydrogen-bond donors (Lipinski definition) is 0. The maximum Gasteiger partial charge on any atom is 0.160 e. The van der Waals surface area contributed by atoms with Gasteiger partial charge in [0.05, 0.1) is 11.4 Å². The molecule has 0 aliphatic heterocycles. The van der Waals surface area contributed by atoms with Gasteiger partial charge < -0.3 is 0 Å². The molecule has 59 heavy (non-hydrogen) atoms. The molecule has 1 aliphatic rings. The van der Waals surface area contributed by atoms with Crippen LogP contribution < -0.4 is 0 Å². The van der Waals surface area contributed by atoms with Crippen LogP contribution in [-0.4, -0.2) is 9.97 Å². The van der Waals surface area contributed by atoms with E-state index in [1.165, 1.54) is 71.8 Å². The van der Waals surface area contributed by atoms with Crippen molar-refractivity contribution in [2.45, 2.75) is 19.3 Å². The molecule has 11 rings (SSSR count). The lowest BCUT2D eigenvalue weighted by molar-refractivity contribution is 0.666. The average Bonchev–Trinajstić information content (AvgIpc) is 3.54. The molecule has 0 unspecified atom stereocenters. The molecule has 0 radical (unpaired) electrons. The monoisotopic (exact) mass is 752 g/mol. The molecule has 9 aromatic carbocycles. The zero-order valence-corrected chi connectivity index (χ0v) is 33.0. The largest absolute Gasteiger partial charge is 0.228 e. The van der Waals surface area contributed by atoms with Crippen LogP contribution in [-0.2, 0) is 5.41 Å². The van der Waals surface area contributed by atoms with Gasteiger partial charge in [0.15, 0.2) is 5.82 Å². The van der Waals surface area contributed by atoms with Gasteiger partial charge in [0.1, 0.15) is 0 Å². The molecule has 0 saturated heterocycles. The van der Waals surface area contributed by atoms with E-state index >= 15 is 0 Å². The number of nitrogens with zero attached hydrogens (tertiary/aromatic N) is 2. The van der Waals surface area contributed by atoms with E-state index in [1.807, 2.05) is 6.07 Å². The second kappa shape index (κ2) is 13.9. The number of fused-ring (bicyclic) bond motifs is 6. The van der Waals surface area contributed by atoms with Gasteiger partial charge >= 0.3 is 0 Å². The molecule has 2 heteroatoms. The summed E-state index contributed by atoms with van der Waals surface area (Å²) in [6.45, 7) is 4.74. The maximum atomic E-state index is 5.30. The van der Waals surface area contributed by atoms with E-state index in [4.69, 9.17) is 9.97 Å². The predicted octanol–water partition coefficient (Wildman–Crippen LogP) is 15.1. The molecule has 278 valence electrons. The van der Waals surface area contributed by atoms with E-state index in [0.717, 1.165) is 33.5 Å². The van der Waals surface area contributed by atoms with Crippen molar-refractivity contribution in [1.82, 2.24) is 9.97 Å². The fourth-order valence-corrected chi connectivity index (χ4v) is 9.44. The predicted molar refractivity (Wildman–Crippen MR) is 247 cm³/mol. The van der Waals surface area contributed by atoms with E-state index in [1.54, 1.807) is 0 Å². The summed E-state index contributed by atoms with van der Waals surface area (Å²) in [5.41, 5.74) is 17.3. The van der Waals surface area contributed by atoms with Crippen LogP contribution in [0.5, 0.6) is 0 Å². The Bertz CT molecular complexity index is 3220. The smallest absolute Gasteiger partial charge is 0.160 e. The highest BCUT2D eigenvalue weighted by atomic mass is 14.9. The van der Waals surface area contributed by atoms with E-state index in [-0.39, 0.29) is 5.41 Å². The first-order chi connectivity index (χ1) is 29.0. The molecule has 0 spiro atoms. The van der Waals surface area contributed by atoms with Crippen LogP contribution in [0, 0.1) is 0 Å². The van der Waals surface area contributed by atoms with Gasteiger partial charge in [0.25, 0.3) is 0 Å². The van der Waals surface area contributed by atoms with Gasteiger partial charge in [-0.3, -0.25) is 0 Å². The third-order valence-corrected chi connectivity index (χ3v) is 12.3. The fraction of sp³-hybridized carbons (Fsp3) is 0.0526. The topological polar surface area (TPSA) is 25.8 Å². The van der Waals surface area contributed by atoms with Gasteiger partial charge in [0, 0.05) is 22.1 Å². The van der Waals surface area contributed by atoms with Crippen molar-refractivity contribution in [3.63, 3.8) is 0 Å². The summed E-state index contributed by atoms with van der Waals surface area (Å²) < 4.78 is 0. The van der Waals surface area contributed by atoms with Crippen molar-refractivity contribution >= 4 is 21.5 Å². The van der Waals surface area contributed by atoms with Crippen molar-refractivity contribution in [2.24, 2.45) is 0 Å². The molecular weight excluding hydrogens is 713 g/mol. The van der Waals surface area contributed by atoms with E-state index in [0.29, 0.717) is 5.82 Å². The Balaban J connectivity index is 1.07. The van der Waals surface area contributed by atoms with E-state index in [2.05, 4.69) is 214 Å². The molecule has 0 fully saturated rings. The molecule has 1 heterocycles. The standard InChI is InChI=1S/C57H40N2/c1-57(2)52-33-28-41(34-51(52)49-30-26-39-20-12-13-23-45(39)55(49)57)44-31-32-48(47-25-15-14-24-46(44)47)54-36-53(58-56(59-54)40-21-10-5-11-22-40)42-27-29-43(37-16-6-3-7-17-37)50(35-42)38-18-8-4-9-19-38/h3-36H,1-2H3. The van der Waals surface area contributed by atoms with Crippen LogP contribution in [0.15, 0.2) is 206 Å². The van der Waals surface area contributed by atoms with Crippen LogP contribution in [0.4, 0.5) is 0 Å². The zero-order chi connectivity index (χ0) is 39.5. The SMILES string of the molecule is CC1(C)c2ccc(-c3ccc(-c4cc(-c5ccc(-c6ccccc6)c(-c6ccccc6)c5)nc(-c5ccccc5)n4)c4ccccc34)cc2-c2ccc3ccccc3c21. The highest BCUT2D eigenvalue weighted by Gasteiger charge is 2.37. The molecule has 0 saturated carbocycles. The van der Waals surface area contributed by atoms with Crippen LogP contribution in [0.25, 0.3) is 100.0 Å². The minimum Gasteiger partial charge on any atom is -0.228 e. The summed E-state index contributed by atoms with van der Waals surface area (Å²) in [6, 6.07) is 74.3. The Labute approximate surface area is 345 Å². The Morgan fingerprint density at radius 1 is 0.322 bits per heavy atom. The van der Waals surface area contributed by atoms with Crippen LogP contribution in [0.3, 0.4) is 0 Å². The fourth-order valence-electron chi connectivity index (χ4n) is 9.44. The minimum absolute atomic E-state index is 0.0963. The molecule has 1 aliphatic carbocycles. The second-order valence-electron chi connectivity index (χ2n) is 16.1. The van der Waals surface area contributed by atoms with Gasteiger partial charge in [-0.15, -0.1) is 0 Å². The van der Waals surface area contributed by atoms with Gasteiger partial charge in [-0.1, -0.05) is 202 Å². The molecule has 2 nitrogen and oxygen atoms in total. The van der Waals surface area contributed by atoms with Gasteiger partial charge in [-0.25, -0.2) is 9.97 Å². The lowest BCUT2D eigenvalue weighted by Gasteiger charge is -2.23. The average molecular weight is 753 g/mol. The zero-order valence-electron chi connectivity index (χ0n) is 33.0. The van der Waals surface area contributed by atoms with Crippen molar-refractivity contribution < 1.29 is 0 Å². The number of hydrogen-bond acceptors (Lipinski definition) is 2. The van der Waals surface area contributed by atoms with Gasteiger partial charge in [-0.05, 0) is 95.4 Å². The molecule has 0 N–H and O–H groups in total. The first kappa shape index (κ1) is 34.8. The quantitative estimate of drug-likeness (QED) is 0.169. The first-order valence-electron chi connectivity index (χ1n) is 20.4. The summed E-state index contributed by atoms with van der Waals surface area (Å²) >= 11 is 0. The summed E-state index contributed by atoms with van der Waals surface area (Å²) in [7, 11) is 0. The summed E-state index contributed by atoms with van der Waals surface area (Å²) in [6.07, 6.45) is 0. The lowest BCUT2D eigenvalue weighted by Crippen LogP contribution is -2.15. The summed E-state index contributed by atoms with van der Waals surface area (Å²) in [5, 5.41) is 4.98. The Kier molecular flexibility index (Phi) is 8.20. The number of benzene rings is 9. The van der Waals surface area contributed by atoms with Crippen LogP contribution in [0.2, 0.25) is 0 Å². The normalized spacial score (nSPS) is 12.7. The van der Waals surface area contributed by atoms with Crippen molar-refractivity contribution in [1.29, 1.82) is 0 Å². The molecule has 0 amide bonds. The van der Waals surface area contributed by atoms with Gasteiger partial charge in [-0.2, -0.15) is 0 Å². The third kappa shape index (κ3) is 5.87. The molecule has 0 atom stereocenters.